The number of carbonyl (C=O) groups excluding carboxylic acids is 3. The SMILES string of the molecule is Cc1cc(C(=O)Nc2cccc(C(=O)NCC(N)=O)c2)c2ccccc2n1. The first-order valence-electron chi connectivity index (χ1n) is 8.28. The Labute approximate surface area is 155 Å². The van der Waals surface area contributed by atoms with Crippen LogP contribution in [0.4, 0.5) is 5.69 Å². The zero-order valence-corrected chi connectivity index (χ0v) is 14.7. The third-order valence-corrected chi connectivity index (χ3v) is 3.89. The van der Waals surface area contributed by atoms with Crippen LogP contribution in [0.3, 0.4) is 0 Å². The Balaban J connectivity index is 1.84. The van der Waals surface area contributed by atoms with Gasteiger partial charge in [-0.3, -0.25) is 19.4 Å². The molecule has 136 valence electrons. The van der Waals surface area contributed by atoms with Crippen LogP contribution in [-0.4, -0.2) is 29.3 Å². The molecule has 0 bridgehead atoms. The molecule has 27 heavy (non-hydrogen) atoms. The molecule has 0 saturated heterocycles. The van der Waals surface area contributed by atoms with Gasteiger partial charge in [0.25, 0.3) is 11.8 Å². The Morgan fingerprint density at radius 2 is 1.78 bits per heavy atom. The van der Waals surface area contributed by atoms with E-state index in [1.54, 1.807) is 24.3 Å². The maximum atomic E-state index is 12.8. The maximum absolute atomic E-state index is 12.8. The van der Waals surface area contributed by atoms with Crippen LogP contribution < -0.4 is 16.4 Å². The zero-order chi connectivity index (χ0) is 19.4. The molecule has 7 nitrogen and oxygen atoms in total. The molecule has 3 amide bonds. The number of aromatic nitrogens is 1. The topological polar surface area (TPSA) is 114 Å². The molecule has 0 atom stereocenters. The number of carbonyl (C=O) groups is 3. The number of anilines is 1. The second-order valence-electron chi connectivity index (χ2n) is 6.01. The Hall–Kier alpha value is -3.74. The number of primary amides is 1. The van der Waals surface area contributed by atoms with E-state index in [1.165, 1.54) is 6.07 Å². The van der Waals surface area contributed by atoms with Crippen LogP contribution >= 0.6 is 0 Å². The number of fused-ring (bicyclic) bond motifs is 1. The van der Waals surface area contributed by atoms with Crippen LogP contribution in [0.5, 0.6) is 0 Å². The van der Waals surface area contributed by atoms with Gasteiger partial charge in [0, 0.05) is 22.3 Å². The molecule has 0 saturated carbocycles. The van der Waals surface area contributed by atoms with Crippen LogP contribution in [0.2, 0.25) is 0 Å². The molecule has 3 aromatic rings. The van der Waals surface area contributed by atoms with Crippen molar-refractivity contribution < 1.29 is 14.4 Å². The molecule has 3 rings (SSSR count). The summed E-state index contributed by atoms with van der Waals surface area (Å²) in [4.78, 5) is 40.0. The minimum Gasteiger partial charge on any atom is -0.368 e. The van der Waals surface area contributed by atoms with E-state index in [0.29, 0.717) is 16.8 Å². The minimum atomic E-state index is -0.632. The first-order valence-corrected chi connectivity index (χ1v) is 8.28. The number of nitrogens with two attached hydrogens (primary N) is 1. The molecule has 0 aliphatic carbocycles. The Morgan fingerprint density at radius 1 is 1.00 bits per heavy atom. The summed E-state index contributed by atoms with van der Waals surface area (Å²) in [5.41, 5.74) is 7.77. The maximum Gasteiger partial charge on any atom is 0.256 e. The van der Waals surface area contributed by atoms with E-state index in [1.807, 2.05) is 31.2 Å². The number of nitrogens with zero attached hydrogens (tertiary/aromatic N) is 1. The Morgan fingerprint density at radius 3 is 2.56 bits per heavy atom. The fourth-order valence-corrected chi connectivity index (χ4v) is 2.70. The van der Waals surface area contributed by atoms with Crippen LogP contribution in [0, 0.1) is 6.92 Å². The minimum absolute atomic E-state index is 0.252. The summed E-state index contributed by atoms with van der Waals surface area (Å²) in [5.74, 6) is -1.38. The summed E-state index contributed by atoms with van der Waals surface area (Å²) < 4.78 is 0. The summed E-state index contributed by atoms with van der Waals surface area (Å²) in [6.07, 6.45) is 0. The van der Waals surface area contributed by atoms with Crippen molar-refractivity contribution >= 4 is 34.3 Å². The van der Waals surface area contributed by atoms with Gasteiger partial charge in [0.2, 0.25) is 5.91 Å². The van der Waals surface area contributed by atoms with Crippen molar-refractivity contribution in [2.45, 2.75) is 6.92 Å². The quantitative estimate of drug-likeness (QED) is 0.644. The van der Waals surface area contributed by atoms with Crippen molar-refractivity contribution in [2.75, 3.05) is 11.9 Å². The van der Waals surface area contributed by atoms with Crippen molar-refractivity contribution in [3.8, 4) is 0 Å². The fourth-order valence-electron chi connectivity index (χ4n) is 2.70. The fraction of sp³-hybridized carbons (Fsp3) is 0.100. The highest BCUT2D eigenvalue weighted by molar-refractivity contribution is 6.12. The lowest BCUT2D eigenvalue weighted by Gasteiger charge is -2.10. The highest BCUT2D eigenvalue weighted by Crippen LogP contribution is 2.20. The van der Waals surface area contributed by atoms with Gasteiger partial charge in [-0.15, -0.1) is 0 Å². The van der Waals surface area contributed by atoms with E-state index < -0.39 is 11.8 Å². The molecule has 0 aliphatic heterocycles. The van der Waals surface area contributed by atoms with Gasteiger partial charge in [-0.2, -0.15) is 0 Å². The van der Waals surface area contributed by atoms with Crippen LogP contribution in [0.25, 0.3) is 10.9 Å². The van der Waals surface area contributed by atoms with Crippen LogP contribution in [0.1, 0.15) is 26.4 Å². The lowest BCUT2D eigenvalue weighted by molar-refractivity contribution is -0.117. The average molecular weight is 362 g/mol. The predicted molar refractivity (Wildman–Crippen MR) is 102 cm³/mol. The van der Waals surface area contributed by atoms with Gasteiger partial charge in [0.1, 0.15) is 0 Å². The first kappa shape index (κ1) is 18.1. The standard InChI is InChI=1S/C20H18N4O3/c1-12-9-16(15-7-2-3-8-17(15)23-12)20(27)24-14-6-4-5-13(10-14)19(26)22-11-18(21)25/h2-10H,11H2,1H3,(H2,21,25)(H,22,26)(H,24,27). The highest BCUT2D eigenvalue weighted by Gasteiger charge is 2.13. The molecule has 4 N–H and O–H groups in total. The summed E-state index contributed by atoms with van der Waals surface area (Å²) in [6, 6.07) is 15.6. The van der Waals surface area contributed by atoms with E-state index in [4.69, 9.17) is 5.73 Å². The van der Waals surface area contributed by atoms with Crippen molar-refractivity contribution in [2.24, 2.45) is 5.73 Å². The summed E-state index contributed by atoms with van der Waals surface area (Å²) in [6.45, 7) is 1.57. The Kier molecular flexibility index (Phi) is 5.12. The van der Waals surface area contributed by atoms with Gasteiger partial charge in [0.15, 0.2) is 0 Å². The van der Waals surface area contributed by atoms with E-state index in [9.17, 15) is 14.4 Å². The van der Waals surface area contributed by atoms with Gasteiger partial charge in [-0.25, -0.2) is 0 Å². The smallest absolute Gasteiger partial charge is 0.256 e. The molecular formula is C20H18N4O3. The van der Waals surface area contributed by atoms with Crippen molar-refractivity contribution in [3.05, 3.63) is 71.4 Å². The summed E-state index contributed by atoms with van der Waals surface area (Å²) in [5, 5.41) is 5.95. The predicted octanol–water partition coefficient (Wildman–Crippen LogP) is 2.01. The zero-order valence-electron chi connectivity index (χ0n) is 14.7. The number of pyridine rings is 1. The number of rotatable bonds is 5. The number of aryl methyl sites for hydroxylation is 1. The lowest BCUT2D eigenvalue weighted by Crippen LogP contribution is -2.33. The molecule has 0 fully saturated rings. The molecule has 7 heteroatoms. The number of nitrogens with one attached hydrogen (secondary N) is 2. The summed E-state index contributed by atoms with van der Waals surface area (Å²) >= 11 is 0. The lowest BCUT2D eigenvalue weighted by atomic mass is 10.1. The van der Waals surface area contributed by atoms with Gasteiger partial charge in [0.05, 0.1) is 17.6 Å². The normalized spacial score (nSPS) is 10.4. The first-order chi connectivity index (χ1) is 12.9. The van der Waals surface area contributed by atoms with Crippen LogP contribution in [0.15, 0.2) is 54.6 Å². The van der Waals surface area contributed by atoms with Gasteiger partial charge < -0.3 is 16.4 Å². The van der Waals surface area contributed by atoms with E-state index in [0.717, 1.165) is 16.6 Å². The molecule has 2 aromatic carbocycles. The number of benzene rings is 2. The van der Waals surface area contributed by atoms with Crippen molar-refractivity contribution in [1.82, 2.24) is 10.3 Å². The van der Waals surface area contributed by atoms with Crippen LogP contribution in [-0.2, 0) is 4.79 Å². The van der Waals surface area contributed by atoms with Crippen molar-refractivity contribution in [3.63, 3.8) is 0 Å². The van der Waals surface area contributed by atoms with Crippen molar-refractivity contribution in [1.29, 1.82) is 0 Å². The number of para-hydroxylation sites is 1. The van der Waals surface area contributed by atoms with E-state index in [2.05, 4.69) is 15.6 Å². The number of hydrogen-bond donors (Lipinski definition) is 3. The number of hydrogen-bond acceptors (Lipinski definition) is 4. The molecule has 0 unspecified atom stereocenters. The second-order valence-corrected chi connectivity index (χ2v) is 6.01. The molecule has 0 spiro atoms. The second kappa shape index (κ2) is 7.65. The monoisotopic (exact) mass is 362 g/mol. The average Bonchev–Trinajstić information content (AvgIpc) is 2.65. The largest absolute Gasteiger partial charge is 0.368 e. The van der Waals surface area contributed by atoms with Gasteiger partial charge in [-0.1, -0.05) is 24.3 Å². The number of amides is 3. The Bertz CT molecular complexity index is 1050. The van der Waals surface area contributed by atoms with E-state index >= 15 is 0 Å². The molecule has 1 heterocycles. The third-order valence-electron chi connectivity index (χ3n) is 3.89. The van der Waals surface area contributed by atoms with Gasteiger partial charge in [-0.05, 0) is 37.3 Å². The molecular weight excluding hydrogens is 344 g/mol. The molecule has 0 aliphatic rings. The molecule has 0 radical (unpaired) electrons. The van der Waals surface area contributed by atoms with Gasteiger partial charge >= 0.3 is 0 Å². The van der Waals surface area contributed by atoms with E-state index in [-0.39, 0.29) is 12.5 Å². The third kappa shape index (κ3) is 4.27. The summed E-state index contributed by atoms with van der Waals surface area (Å²) in [7, 11) is 0. The highest BCUT2D eigenvalue weighted by atomic mass is 16.2. The molecule has 1 aromatic heterocycles.